The summed E-state index contributed by atoms with van der Waals surface area (Å²) in [5, 5.41) is 2.78. The van der Waals surface area contributed by atoms with Gasteiger partial charge in [-0.3, -0.25) is 4.79 Å². The standard InChI is InChI=1S/C14H22N2O3S/c1-5-11(2)14(17)15-10-12-8-6-7-9-13(12)20(18,19)16(3)4/h6-9,11H,5,10H2,1-4H3,(H,15,17). The zero-order chi connectivity index (χ0) is 15.3. The summed E-state index contributed by atoms with van der Waals surface area (Å²) in [6.07, 6.45) is 0.753. The Morgan fingerprint density at radius 3 is 2.45 bits per heavy atom. The number of nitrogens with one attached hydrogen (secondary N) is 1. The molecular weight excluding hydrogens is 276 g/mol. The molecule has 112 valence electrons. The maximum atomic E-state index is 12.2. The molecule has 1 N–H and O–H groups in total. The molecule has 1 rings (SSSR count). The average molecular weight is 298 g/mol. The number of nitrogens with zero attached hydrogens (tertiary/aromatic N) is 1. The lowest BCUT2D eigenvalue weighted by Gasteiger charge is -2.16. The molecule has 1 aromatic rings. The molecule has 0 heterocycles. The zero-order valence-corrected chi connectivity index (χ0v) is 13.2. The number of hydrogen-bond acceptors (Lipinski definition) is 3. The third kappa shape index (κ3) is 3.80. The normalized spacial score (nSPS) is 13.2. The van der Waals surface area contributed by atoms with Gasteiger partial charge in [0.1, 0.15) is 0 Å². The van der Waals surface area contributed by atoms with Gasteiger partial charge >= 0.3 is 0 Å². The molecule has 0 spiro atoms. The van der Waals surface area contributed by atoms with Crippen LogP contribution in [0.15, 0.2) is 29.2 Å². The maximum Gasteiger partial charge on any atom is 0.242 e. The van der Waals surface area contributed by atoms with Crippen LogP contribution in [0, 0.1) is 5.92 Å². The second-order valence-corrected chi connectivity index (χ2v) is 7.04. The minimum atomic E-state index is -3.50. The molecule has 0 saturated heterocycles. The predicted molar refractivity (Wildman–Crippen MR) is 78.6 cm³/mol. The Morgan fingerprint density at radius 1 is 1.30 bits per heavy atom. The van der Waals surface area contributed by atoms with E-state index in [4.69, 9.17) is 0 Å². The van der Waals surface area contributed by atoms with E-state index < -0.39 is 10.0 Å². The van der Waals surface area contributed by atoms with Crippen LogP contribution in [0.25, 0.3) is 0 Å². The number of hydrogen-bond donors (Lipinski definition) is 1. The minimum absolute atomic E-state index is 0.0652. The summed E-state index contributed by atoms with van der Waals surface area (Å²) in [5.41, 5.74) is 0.595. The van der Waals surface area contributed by atoms with Gasteiger partial charge in [0.25, 0.3) is 0 Å². The van der Waals surface area contributed by atoms with Crippen molar-refractivity contribution in [2.24, 2.45) is 5.92 Å². The van der Waals surface area contributed by atoms with Gasteiger partial charge in [-0.25, -0.2) is 12.7 Å². The SMILES string of the molecule is CCC(C)C(=O)NCc1ccccc1S(=O)(=O)N(C)C. The Labute approximate surface area is 121 Å². The van der Waals surface area contributed by atoms with Gasteiger partial charge in [-0.2, -0.15) is 0 Å². The highest BCUT2D eigenvalue weighted by Gasteiger charge is 2.21. The lowest BCUT2D eigenvalue weighted by Crippen LogP contribution is -2.30. The zero-order valence-electron chi connectivity index (χ0n) is 12.4. The van der Waals surface area contributed by atoms with Crippen molar-refractivity contribution in [3.05, 3.63) is 29.8 Å². The van der Waals surface area contributed by atoms with Gasteiger partial charge in [-0.1, -0.05) is 32.0 Å². The van der Waals surface area contributed by atoms with Crippen molar-refractivity contribution in [3.63, 3.8) is 0 Å². The number of amides is 1. The second kappa shape index (κ2) is 6.85. The molecule has 0 bridgehead atoms. The van der Waals surface area contributed by atoms with E-state index in [0.29, 0.717) is 5.56 Å². The molecule has 20 heavy (non-hydrogen) atoms. The average Bonchev–Trinajstić information content (AvgIpc) is 2.43. The van der Waals surface area contributed by atoms with Crippen LogP contribution in [0.1, 0.15) is 25.8 Å². The van der Waals surface area contributed by atoms with E-state index in [-0.39, 0.29) is 23.3 Å². The van der Waals surface area contributed by atoms with Crippen molar-refractivity contribution in [2.45, 2.75) is 31.7 Å². The summed E-state index contributed by atoms with van der Waals surface area (Å²) >= 11 is 0. The van der Waals surface area contributed by atoms with Crippen molar-refractivity contribution in [3.8, 4) is 0 Å². The highest BCUT2D eigenvalue weighted by atomic mass is 32.2. The Bertz CT molecular complexity index is 568. The molecular formula is C14H22N2O3S. The first kappa shape index (κ1) is 16.7. The van der Waals surface area contributed by atoms with Crippen LogP contribution >= 0.6 is 0 Å². The van der Waals surface area contributed by atoms with Gasteiger partial charge < -0.3 is 5.32 Å². The summed E-state index contributed by atoms with van der Waals surface area (Å²) in [6, 6.07) is 6.71. The molecule has 1 unspecified atom stereocenters. The monoisotopic (exact) mass is 298 g/mol. The van der Waals surface area contributed by atoms with E-state index >= 15 is 0 Å². The maximum absolute atomic E-state index is 12.2. The molecule has 1 aromatic carbocycles. The molecule has 6 heteroatoms. The van der Waals surface area contributed by atoms with Crippen LogP contribution < -0.4 is 5.32 Å². The molecule has 0 aliphatic rings. The first-order valence-electron chi connectivity index (χ1n) is 6.58. The number of sulfonamides is 1. The first-order chi connectivity index (χ1) is 9.30. The van der Waals surface area contributed by atoms with Crippen molar-refractivity contribution in [2.75, 3.05) is 14.1 Å². The number of carbonyl (C=O) groups is 1. The topological polar surface area (TPSA) is 66.5 Å². The van der Waals surface area contributed by atoms with Crippen LogP contribution in [-0.4, -0.2) is 32.7 Å². The minimum Gasteiger partial charge on any atom is -0.352 e. The van der Waals surface area contributed by atoms with Crippen LogP contribution in [0.2, 0.25) is 0 Å². The predicted octanol–water partition coefficient (Wildman–Crippen LogP) is 1.60. The number of carbonyl (C=O) groups excluding carboxylic acids is 1. The van der Waals surface area contributed by atoms with Crippen LogP contribution in [0.5, 0.6) is 0 Å². The van der Waals surface area contributed by atoms with Gasteiger partial charge in [0.05, 0.1) is 4.90 Å². The molecule has 0 aliphatic carbocycles. The second-order valence-electron chi connectivity index (χ2n) is 4.92. The summed E-state index contributed by atoms with van der Waals surface area (Å²) in [6.45, 7) is 4.00. The van der Waals surface area contributed by atoms with Crippen LogP contribution in [-0.2, 0) is 21.4 Å². The molecule has 5 nitrogen and oxygen atoms in total. The fraction of sp³-hybridized carbons (Fsp3) is 0.500. The van der Waals surface area contributed by atoms with Gasteiger partial charge in [-0.05, 0) is 18.1 Å². The largest absolute Gasteiger partial charge is 0.352 e. The summed E-state index contributed by atoms with van der Waals surface area (Å²) in [4.78, 5) is 12.0. The summed E-state index contributed by atoms with van der Waals surface area (Å²) < 4.78 is 25.6. The molecule has 0 aliphatic heterocycles. The molecule has 0 radical (unpaired) electrons. The van der Waals surface area contributed by atoms with Gasteiger partial charge in [0.15, 0.2) is 0 Å². The van der Waals surface area contributed by atoms with E-state index in [1.54, 1.807) is 24.3 Å². The molecule has 1 amide bonds. The molecule has 0 aromatic heterocycles. The lowest BCUT2D eigenvalue weighted by molar-refractivity contribution is -0.124. The third-order valence-electron chi connectivity index (χ3n) is 3.24. The number of rotatable bonds is 6. The van der Waals surface area contributed by atoms with Gasteiger partial charge in [-0.15, -0.1) is 0 Å². The Morgan fingerprint density at radius 2 is 1.90 bits per heavy atom. The Balaban J connectivity index is 2.96. The highest BCUT2D eigenvalue weighted by Crippen LogP contribution is 2.18. The smallest absolute Gasteiger partial charge is 0.242 e. The van der Waals surface area contributed by atoms with Gasteiger partial charge in [0, 0.05) is 26.6 Å². The number of benzene rings is 1. The third-order valence-corrected chi connectivity index (χ3v) is 5.16. The van der Waals surface area contributed by atoms with E-state index in [1.807, 2.05) is 13.8 Å². The Kier molecular flexibility index (Phi) is 5.71. The molecule has 1 atom stereocenters. The van der Waals surface area contributed by atoms with E-state index in [2.05, 4.69) is 5.32 Å². The highest BCUT2D eigenvalue weighted by molar-refractivity contribution is 7.89. The van der Waals surface area contributed by atoms with Crippen molar-refractivity contribution in [1.29, 1.82) is 0 Å². The molecule has 0 fully saturated rings. The van der Waals surface area contributed by atoms with E-state index in [1.165, 1.54) is 18.4 Å². The van der Waals surface area contributed by atoms with Crippen molar-refractivity contribution in [1.82, 2.24) is 9.62 Å². The van der Waals surface area contributed by atoms with E-state index in [9.17, 15) is 13.2 Å². The van der Waals surface area contributed by atoms with Crippen LogP contribution in [0.4, 0.5) is 0 Å². The fourth-order valence-electron chi connectivity index (χ4n) is 1.64. The summed E-state index contributed by atoms with van der Waals surface area (Å²) in [5.74, 6) is -0.142. The van der Waals surface area contributed by atoms with Crippen molar-refractivity contribution < 1.29 is 13.2 Å². The van der Waals surface area contributed by atoms with E-state index in [0.717, 1.165) is 6.42 Å². The lowest BCUT2D eigenvalue weighted by atomic mass is 10.1. The molecule has 0 saturated carbocycles. The quantitative estimate of drug-likeness (QED) is 0.867. The van der Waals surface area contributed by atoms with Gasteiger partial charge in [0.2, 0.25) is 15.9 Å². The fourth-order valence-corrected chi connectivity index (χ4v) is 2.76. The van der Waals surface area contributed by atoms with Crippen molar-refractivity contribution >= 4 is 15.9 Å². The Hall–Kier alpha value is -1.40. The van der Waals surface area contributed by atoms with Crippen LogP contribution in [0.3, 0.4) is 0 Å². The first-order valence-corrected chi connectivity index (χ1v) is 8.02. The summed E-state index contributed by atoms with van der Waals surface area (Å²) in [7, 11) is -0.519.